The molecule has 0 bridgehead atoms. The van der Waals surface area contributed by atoms with Crippen LogP contribution < -0.4 is 0 Å². The predicted molar refractivity (Wildman–Crippen MR) is 124 cm³/mol. The van der Waals surface area contributed by atoms with Gasteiger partial charge in [0.1, 0.15) is 5.03 Å². The van der Waals surface area contributed by atoms with Gasteiger partial charge < -0.3 is 4.90 Å². The summed E-state index contributed by atoms with van der Waals surface area (Å²) in [6, 6.07) is 18.2. The topological polar surface area (TPSA) is 76.3 Å². The largest absolute Gasteiger partial charge is 0.342 e. The van der Waals surface area contributed by atoms with Crippen LogP contribution in [0, 0.1) is 0 Å². The number of amides is 1. The molecule has 7 nitrogen and oxygen atoms in total. The molecule has 0 radical (unpaired) electrons. The molecule has 1 amide bonds. The van der Waals surface area contributed by atoms with Gasteiger partial charge in [-0.05, 0) is 55.0 Å². The van der Waals surface area contributed by atoms with E-state index >= 15 is 0 Å². The molecule has 1 saturated heterocycles. The molecule has 162 valence electrons. The molecule has 1 unspecified atom stereocenters. The molecule has 32 heavy (non-hydrogen) atoms. The highest BCUT2D eigenvalue weighted by molar-refractivity contribution is 7.99. The number of likely N-dealkylation sites (tertiary alicyclic amines) is 1. The number of hydrogen-bond acceptors (Lipinski definition) is 6. The van der Waals surface area contributed by atoms with Gasteiger partial charge >= 0.3 is 0 Å². The highest BCUT2D eigenvalue weighted by Crippen LogP contribution is 2.28. The fraction of sp³-hybridized carbons (Fsp3) is 0.292. The summed E-state index contributed by atoms with van der Waals surface area (Å²) in [7, 11) is 0. The highest BCUT2D eigenvalue weighted by Gasteiger charge is 2.22. The number of hydrogen-bond donors (Lipinski definition) is 0. The third-order valence-electron chi connectivity index (χ3n) is 5.85. The number of carbonyl (C=O) groups excluding carboxylic acids is 1. The summed E-state index contributed by atoms with van der Waals surface area (Å²) in [5.74, 6) is 1.72. The summed E-state index contributed by atoms with van der Waals surface area (Å²) in [4.78, 5) is 19.1. The maximum Gasteiger partial charge on any atom is 0.232 e. The Balaban J connectivity index is 1.23. The van der Waals surface area contributed by atoms with E-state index in [1.165, 1.54) is 17.3 Å². The molecular weight excluding hydrogens is 420 g/mol. The normalized spacial score (nSPS) is 16.8. The van der Waals surface area contributed by atoms with Gasteiger partial charge in [0, 0.05) is 31.0 Å². The van der Waals surface area contributed by atoms with Crippen molar-refractivity contribution in [2.45, 2.75) is 30.2 Å². The number of fused-ring (bicyclic) bond motifs is 1. The van der Waals surface area contributed by atoms with E-state index in [0.717, 1.165) is 42.9 Å². The Morgan fingerprint density at radius 2 is 1.91 bits per heavy atom. The highest BCUT2D eigenvalue weighted by atomic mass is 32.2. The van der Waals surface area contributed by atoms with E-state index in [1.807, 2.05) is 29.2 Å². The van der Waals surface area contributed by atoms with E-state index in [9.17, 15) is 4.79 Å². The molecule has 1 atom stereocenters. The zero-order valence-electron chi connectivity index (χ0n) is 17.7. The van der Waals surface area contributed by atoms with Crippen LogP contribution in [0.5, 0.6) is 0 Å². The predicted octanol–water partition coefficient (Wildman–Crippen LogP) is 4.07. The van der Waals surface area contributed by atoms with Gasteiger partial charge in [-0.2, -0.15) is 9.61 Å². The number of thioether (sulfide) groups is 1. The minimum atomic E-state index is 0.168. The zero-order chi connectivity index (χ0) is 21.8. The Hall–Kier alpha value is -3.26. The fourth-order valence-electron chi connectivity index (χ4n) is 4.16. The average molecular weight is 445 g/mol. The lowest BCUT2D eigenvalue weighted by molar-refractivity contribution is -0.128. The second kappa shape index (κ2) is 9.48. The number of rotatable bonds is 5. The van der Waals surface area contributed by atoms with Crippen LogP contribution in [-0.4, -0.2) is 54.4 Å². The minimum absolute atomic E-state index is 0.168. The summed E-state index contributed by atoms with van der Waals surface area (Å²) in [6.45, 7) is 1.63. The van der Waals surface area contributed by atoms with Crippen molar-refractivity contribution in [3.63, 3.8) is 0 Å². The van der Waals surface area contributed by atoms with Gasteiger partial charge in [-0.3, -0.25) is 9.78 Å². The summed E-state index contributed by atoms with van der Waals surface area (Å²) in [6.07, 6.45) is 6.64. The molecular formula is C24H24N6OS. The van der Waals surface area contributed by atoms with Gasteiger partial charge in [0.2, 0.25) is 5.91 Å². The molecule has 1 fully saturated rings. The second-order valence-electron chi connectivity index (χ2n) is 7.91. The van der Waals surface area contributed by atoms with Crippen LogP contribution in [0.4, 0.5) is 0 Å². The SMILES string of the molecule is O=C(CSc1ccc2nnc(-c3cccnc3)n2n1)N1CCCC(c2ccccc2)CC1. The van der Waals surface area contributed by atoms with Crippen molar-refractivity contribution in [2.24, 2.45) is 0 Å². The van der Waals surface area contributed by atoms with E-state index < -0.39 is 0 Å². The maximum atomic E-state index is 12.9. The summed E-state index contributed by atoms with van der Waals surface area (Å²) in [5, 5.41) is 13.9. The molecule has 0 aliphatic carbocycles. The molecule has 1 aliphatic rings. The van der Waals surface area contributed by atoms with Crippen molar-refractivity contribution in [3.8, 4) is 11.4 Å². The van der Waals surface area contributed by atoms with Crippen molar-refractivity contribution in [3.05, 3.63) is 72.6 Å². The van der Waals surface area contributed by atoms with Crippen molar-refractivity contribution in [2.75, 3.05) is 18.8 Å². The van der Waals surface area contributed by atoms with Crippen LogP contribution in [0.3, 0.4) is 0 Å². The quantitative estimate of drug-likeness (QED) is 0.432. The molecule has 0 N–H and O–H groups in total. The van der Waals surface area contributed by atoms with Crippen LogP contribution in [0.2, 0.25) is 0 Å². The zero-order valence-corrected chi connectivity index (χ0v) is 18.5. The van der Waals surface area contributed by atoms with Crippen molar-refractivity contribution < 1.29 is 4.79 Å². The molecule has 5 rings (SSSR count). The van der Waals surface area contributed by atoms with E-state index in [0.29, 0.717) is 23.1 Å². The van der Waals surface area contributed by atoms with Crippen LogP contribution in [-0.2, 0) is 4.79 Å². The van der Waals surface area contributed by atoms with E-state index in [1.54, 1.807) is 16.9 Å². The van der Waals surface area contributed by atoms with Crippen molar-refractivity contribution in [1.29, 1.82) is 0 Å². The standard InChI is InChI=1S/C24H24N6OS/c31-23(29-14-5-9-19(12-15-29)18-6-2-1-3-7-18)17-32-22-11-10-21-26-27-24(30(21)28-22)20-8-4-13-25-16-20/h1-4,6-8,10-11,13,16,19H,5,9,12,14-15,17H2. The summed E-state index contributed by atoms with van der Waals surface area (Å²) >= 11 is 1.45. The number of benzene rings is 1. The van der Waals surface area contributed by atoms with Gasteiger partial charge in [-0.15, -0.1) is 10.2 Å². The number of pyridine rings is 1. The van der Waals surface area contributed by atoms with Gasteiger partial charge in [0.25, 0.3) is 0 Å². The number of nitrogens with zero attached hydrogens (tertiary/aromatic N) is 6. The van der Waals surface area contributed by atoms with Crippen LogP contribution in [0.25, 0.3) is 17.0 Å². The van der Waals surface area contributed by atoms with Crippen LogP contribution in [0.1, 0.15) is 30.7 Å². The summed E-state index contributed by atoms with van der Waals surface area (Å²) in [5.41, 5.74) is 2.90. The minimum Gasteiger partial charge on any atom is -0.342 e. The van der Waals surface area contributed by atoms with Gasteiger partial charge in [-0.25, -0.2) is 0 Å². The molecule has 4 heterocycles. The molecule has 0 saturated carbocycles. The van der Waals surface area contributed by atoms with Crippen molar-refractivity contribution in [1.82, 2.24) is 29.7 Å². The third-order valence-corrected chi connectivity index (χ3v) is 6.76. The lowest BCUT2D eigenvalue weighted by Crippen LogP contribution is -2.33. The lowest BCUT2D eigenvalue weighted by atomic mass is 9.92. The van der Waals surface area contributed by atoms with E-state index in [2.05, 4.69) is 50.6 Å². The summed E-state index contributed by atoms with van der Waals surface area (Å²) < 4.78 is 1.71. The molecule has 0 spiro atoms. The monoisotopic (exact) mass is 444 g/mol. The molecule has 1 aromatic carbocycles. The Kier molecular flexibility index (Phi) is 6.11. The smallest absolute Gasteiger partial charge is 0.232 e. The van der Waals surface area contributed by atoms with Crippen molar-refractivity contribution >= 4 is 23.3 Å². The van der Waals surface area contributed by atoms with E-state index in [4.69, 9.17) is 0 Å². The molecule has 1 aliphatic heterocycles. The fourth-order valence-corrected chi connectivity index (χ4v) is 4.91. The van der Waals surface area contributed by atoms with E-state index in [-0.39, 0.29) is 5.91 Å². The number of aromatic nitrogens is 5. The van der Waals surface area contributed by atoms with Gasteiger partial charge in [0.05, 0.1) is 5.75 Å². The number of carbonyl (C=O) groups is 1. The Bertz CT molecular complexity index is 1200. The Morgan fingerprint density at radius 3 is 2.75 bits per heavy atom. The Morgan fingerprint density at radius 1 is 1.00 bits per heavy atom. The van der Waals surface area contributed by atoms with Gasteiger partial charge in [-0.1, -0.05) is 42.1 Å². The Labute approximate surface area is 190 Å². The first kappa shape index (κ1) is 20.6. The first-order valence-electron chi connectivity index (χ1n) is 10.9. The first-order chi connectivity index (χ1) is 15.8. The van der Waals surface area contributed by atoms with Crippen LogP contribution in [0.15, 0.2) is 72.0 Å². The second-order valence-corrected chi connectivity index (χ2v) is 8.91. The first-order valence-corrected chi connectivity index (χ1v) is 11.8. The maximum absolute atomic E-state index is 12.9. The average Bonchev–Trinajstić information content (AvgIpc) is 3.11. The van der Waals surface area contributed by atoms with Crippen LogP contribution >= 0.6 is 11.8 Å². The van der Waals surface area contributed by atoms with Gasteiger partial charge in [0.15, 0.2) is 11.5 Å². The lowest BCUT2D eigenvalue weighted by Gasteiger charge is -2.20. The third kappa shape index (κ3) is 4.50. The molecule has 3 aromatic heterocycles. The molecule has 8 heteroatoms. The molecule has 4 aromatic rings.